The number of hydrogen-bond acceptors (Lipinski definition) is 5. The van der Waals surface area contributed by atoms with Gasteiger partial charge in [-0.15, -0.1) is 0 Å². The lowest BCUT2D eigenvalue weighted by molar-refractivity contribution is -0.155. The van der Waals surface area contributed by atoms with Crippen LogP contribution in [0.5, 0.6) is 0 Å². The minimum Gasteiger partial charge on any atom is -0.479 e. The maximum Gasteiger partial charge on any atom is 0.337 e. The molecule has 18 heavy (non-hydrogen) atoms. The highest BCUT2D eigenvalue weighted by molar-refractivity contribution is 5.79. The number of aromatic nitrogens is 3. The number of nitrogens with zero attached hydrogens (tertiary/aromatic N) is 2. The van der Waals surface area contributed by atoms with Crippen LogP contribution in [0.15, 0.2) is 6.33 Å². The first-order valence-electron chi connectivity index (χ1n) is 5.18. The zero-order valence-corrected chi connectivity index (χ0v) is 9.97. The van der Waals surface area contributed by atoms with Crippen molar-refractivity contribution in [1.82, 2.24) is 25.8 Å². The van der Waals surface area contributed by atoms with Gasteiger partial charge in [-0.1, -0.05) is 0 Å². The molecule has 0 aliphatic rings. The third kappa shape index (κ3) is 3.70. The number of rotatable bonds is 5. The molecule has 0 saturated heterocycles. The lowest BCUT2D eigenvalue weighted by atomic mass is 10.1. The van der Waals surface area contributed by atoms with E-state index in [2.05, 4.69) is 25.8 Å². The summed E-state index contributed by atoms with van der Waals surface area (Å²) >= 11 is 0. The molecule has 5 N–H and O–H groups in total. The molecule has 0 aromatic carbocycles. The molecule has 0 bridgehead atoms. The molecule has 2 amide bonds. The molecule has 0 aliphatic heterocycles. The average molecular weight is 257 g/mol. The molecular weight excluding hydrogens is 242 g/mol. The highest BCUT2D eigenvalue weighted by Crippen LogP contribution is 2.04. The molecule has 1 aromatic heterocycles. The fraction of sp³-hybridized carbons (Fsp3) is 0.556. The van der Waals surface area contributed by atoms with Gasteiger partial charge in [-0.05, 0) is 13.8 Å². The number of carboxylic acids is 1. The van der Waals surface area contributed by atoms with E-state index in [1.807, 2.05) is 0 Å². The van der Waals surface area contributed by atoms with Crippen LogP contribution in [0.1, 0.15) is 25.7 Å². The average Bonchev–Trinajstić information content (AvgIpc) is 2.79. The van der Waals surface area contributed by atoms with E-state index in [9.17, 15) is 14.7 Å². The van der Waals surface area contributed by atoms with E-state index in [1.165, 1.54) is 6.33 Å². The predicted molar refractivity (Wildman–Crippen MR) is 59.6 cm³/mol. The Morgan fingerprint density at radius 2 is 2.28 bits per heavy atom. The summed E-state index contributed by atoms with van der Waals surface area (Å²) in [5.41, 5.74) is -2.01. The smallest absolute Gasteiger partial charge is 0.337 e. The Balaban J connectivity index is 2.41. The van der Waals surface area contributed by atoms with Crippen LogP contribution in [0.4, 0.5) is 4.79 Å². The van der Waals surface area contributed by atoms with E-state index in [0.29, 0.717) is 5.82 Å². The second-order valence-corrected chi connectivity index (χ2v) is 4.00. The molecule has 0 fully saturated rings. The molecule has 0 spiro atoms. The normalized spacial score (nSPS) is 15.5. The van der Waals surface area contributed by atoms with Gasteiger partial charge in [0.05, 0.1) is 12.6 Å². The number of hydrogen-bond donors (Lipinski definition) is 5. The molecule has 1 heterocycles. The topological polar surface area (TPSA) is 140 Å². The van der Waals surface area contributed by atoms with Crippen LogP contribution in [0.3, 0.4) is 0 Å². The maximum atomic E-state index is 11.4. The van der Waals surface area contributed by atoms with Crippen molar-refractivity contribution >= 4 is 12.0 Å². The van der Waals surface area contributed by atoms with Crippen molar-refractivity contribution in [2.24, 2.45) is 0 Å². The highest BCUT2D eigenvalue weighted by Gasteiger charge is 2.30. The third-order valence-electron chi connectivity index (χ3n) is 2.25. The maximum absolute atomic E-state index is 11.4. The second-order valence-electron chi connectivity index (χ2n) is 4.00. The number of amides is 2. The van der Waals surface area contributed by atoms with Crippen LogP contribution < -0.4 is 10.6 Å². The van der Waals surface area contributed by atoms with Gasteiger partial charge in [0, 0.05) is 0 Å². The van der Waals surface area contributed by atoms with Crippen molar-refractivity contribution in [2.75, 3.05) is 6.54 Å². The van der Waals surface area contributed by atoms with Crippen LogP contribution in [-0.4, -0.2) is 49.5 Å². The van der Waals surface area contributed by atoms with Crippen molar-refractivity contribution in [1.29, 1.82) is 0 Å². The quantitative estimate of drug-likeness (QED) is 0.458. The van der Waals surface area contributed by atoms with Gasteiger partial charge in [0.15, 0.2) is 5.60 Å². The number of carbonyl (C=O) groups excluding carboxylic acids is 1. The fourth-order valence-corrected chi connectivity index (χ4v) is 1.07. The Bertz CT molecular complexity index is 417. The van der Waals surface area contributed by atoms with Gasteiger partial charge in [0.1, 0.15) is 12.2 Å². The second kappa shape index (κ2) is 5.45. The SMILES string of the molecule is CC(NC(=O)NCC(C)(O)C(=O)O)c1ncn[nH]1. The number of H-pyrrole nitrogens is 1. The monoisotopic (exact) mass is 257 g/mol. The van der Waals surface area contributed by atoms with Gasteiger partial charge in [-0.2, -0.15) is 5.10 Å². The summed E-state index contributed by atoms with van der Waals surface area (Å²) < 4.78 is 0. The van der Waals surface area contributed by atoms with Gasteiger partial charge in [0.25, 0.3) is 0 Å². The zero-order chi connectivity index (χ0) is 13.8. The van der Waals surface area contributed by atoms with E-state index < -0.39 is 30.2 Å². The molecule has 100 valence electrons. The van der Waals surface area contributed by atoms with Crippen LogP contribution in [-0.2, 0) is 4.79 Å². The lowest BCUT2D eigenvalue weighted by Gasteiger charge is -2.19. The standard InChI is InChI=1S/C9H15N5O4/c1-5(6-11-4-12-14-6)13-8(17)10-3-9(2,18)7(15)16/h4-5,18H,3H2,1-2H3,(H,15,16)(H2,10,13,17)(H,11,12,14). The molecule has 9 nitrogen and oxygen atoms in total. The van der Waals surface area contributed by atoms with Crippen LogP contribution in [0.2, 0.25) is 0 Å². The van der Waals surface area contributed by atoms with Crippen molar-refractivity contribution in [3.8, 4) is 0 Å². The van der Waals surface area contributed by atoms with E-state index in [0.717, 1.165) is 6.92 Å². The minimum absolute atomic E-state index is 0.405. The van der Waals surface area contributed by atoms with E-state index in [1.54, 1.807) is 6.92 Å². The molecule has 0 saturated carbocycles. The Labute approximate surface area is 103 Å². The molecule has 1 aromatic rings. The minimum atomic E-state index is -2.01. The molecule has 0 aliphatic carbocycles. The summed E-state index contributed by atoms with van der Waals surface area (Å²) in [5, 5.41) is 29.0. The van der Waals surface area contributed by atoms with Gasteiger partial charge in [-0.3, -0.25) is 5.10 Å². The first-order valence-corrected chi connectivity index (χ1v) is 5.18. The van der Waals surface area contributed by atoms with Crippen LogP contribution in [0.25, 0.3) is 0 Å². The molecule has 9 heteroatoms. The van der Waals surface area contributed by atoms with E-state index in [-0.39, 0.29) is 0 Å². The molecule has 0 radical (unpaired) electrons. The van der Waals surface area contributed by atoms with E-state index in [4.69, 9.17) is 5.11 Å². The zero-order valence-electron chi connectivity index (χ0n) is 9.97. The van der Waals surface area contributed by atoms with Gasteiger partial charge in [-0.25, -0.2) is 14.6 Å². The van der Waals surface area contributed by atoms with Crippen molar-refractivity contribution in [3.63, 3.8) is 0 Å². The molecular formula is C9H15N5O4. The fourth-order valence-electron chi connectivity index (χ4n) is 1.07. The summed E-state index contributed by atoms with van der Waals surface area (Å²) in [6.07, 6.45) is 1.31. The van der Waals surface area contributed by atoms with Gasteiger partial charge in [0.2, 0.25) is 0 Å². The summed E-state index contributed by atoms with van der Waals surface area (Å²) in [6.45, 7) is 2.36. The summed E-state index contributed by atoms with van der Waals surface area (Å²) in [7, 11) is 0. The Kier molecular flexibility index (Phi) is 4.21. The number of aliphatic carboxylic acids is 1. The number of urea groups is 1. The highest BCUT2D eigenvalue weighted by atomic mass is 16.4. The summed E-state index contributed by atoms with van der Waals surface area (Å²) in [4.78, 5) is 25.9. The molecule has 1 rings (SSSR count). The number of carbonyl (C=O) groups is 2. The predicted octanol–water partition coefficient (Wildman–Crippen LogP) is -0.999. The summed E-state index contributed by atoms with van der Waals surface area (Å²) in [6, 6.07) is -1.03. The number of aliphatic hydroxyl groups is 1. The van der Waals surface area contributed by atoms with E-state index >= 15 is 0 Å². The Morgan fingerprint density at radius 3 is 2.78 bits per heavy atom. The molecule has 2 atom stereocenters. The first-order chi connectivity index (χ1) is 8.33. The number of nitrogens with one attached hydrogen (secondary N) is 3. The Hall–Kier alpha value is -2.16. The van der Waals surface area contributed by atoms with Crippen LogP contribution in [0, 0.1) is 0 Å². The Morgan fingerprint density at radius 1 is 1.61 bits per heavy atom. The largest absolute Gasteiger partial charge is 0.479 e. The van der Waals surface area contributed by atoms with Crippen molar-refractivity contribution in [3.05, 3.63) is 12.2 Å². The van der Waals surface area contributed by atoms with Crippen molar-refractivity contribution in [2.45, 2.75) is 25.5 Å². The van der Waals surface area contributed by atoms with Crippen molar-refractivity contribution < 1.29 is 19.8 Å². The number of carboxylic acid groups (broad SMARTS) is 1. The molecule has 2 unspecified atom stereocenters. The van der Waals surface area contributed by atoms with Gasteiger partial charge < -0.3 is 20.8 Å². The van der Waals surface area contributed by atoms with Crippen LogP contribution >= 0.6 is 0 Å². The number of aromatic amines is 1. The lowest BCUT2D eigenvalue weighted by Crippen LogP contribution is -2.49. The summed E-state index contributed by atoms with van der Waals surface area (Å²) in [5.74, 6) is -0.943. The first kappa shape index (κ1) is 13.9. The van der Waals surface area contributed by atoms with Gasteiger partial charge >= 0.3 is 12.0 Å². The third-order valence-corrected chi connectivity index (χ3v) is 2.25.